The summed E-state index contributed by atoms with van der Waals surface area (Å²) in [5.41, 5.74) is 8.16. The van der Waals surface area contributed by atoms with Gasteiger partial charge in [-0.15, -0.1) is 0 Å². The van der Waals surface area contributed by atoms with Gasteiger partial charge in [-0.3, -0.25) is 4.79 Å². The second-order valence-corrected chi connectivity index (χ2v) is 6.60. The molecule has 1 fully saturated rings. The molecule has 5 atom stereocenters. The molecule has 1 unspecified atom stereocenters. The number of amides is 1. The average Bonchev–Trinajstić information content (AvgIpc) is 2.59. The molecular weight excluding hydrogens is 360 g/mol. The number of nitrogens with zero attached hydrogens (tertiary/aromatic N) is 3. The van der Waals surface area contributed by atoms with E-state index in [0.717, 1.165) is 0 Å². The van der Waals surface area contributed by atoms with Crippen molar-refractivity contribution >= 4 is 5.91 Å². The van der Waals surface area contributed by atoms with E-state index in [4.69, 9.17) is 24.5 Å². The fourth-order valence-corrected chi connectivity index (χ4v) is 2.49. The molecule has 0 aromatic rings. The molecule has 3 N–H and O–H groups in total. The summed E-state index contributed by atoms with van der Waals surface area (Å²) < 4.78 is 21.9. The lowest BCUT2D eigenvalue weighted by Gasteiger charge is -2.42. The van der Waals surface area contributed by atoms with E-state index in [2.05, 4.69) is 15.3 Å². The van der Waals surface area contributed by atoms with Crippen molar-refractivity contribution in [3.05, 3.63) is 10.4 Å². The van der Waals surface area contributed by atoms with Crippen molar-refractivity contribution in [1.29, 1.82) is 0 Å². The van der Waals surface area contributed by atoms with Crippen molar-refractivity contribution in [2.24, 2.45) is 5.11 Å². The van der Waals surface area contributed by atoms with Gasteiger partial charge in [-0.25, -0.2) is 0 Å². The van der Waals surface area contributed by atoms with E-state index in [1.54, 1.807) is 27.7 Å². The maximum atomic E-state index is 12.5. The molecule has 0 spiro atoms. The predicted octanol–water partition coefficient (Wildman–Crippen LogP) is 0.0948. The summed E-state index contributed by atoms with van der Waals surface area (Å²) in [6.07, 6.45) is -6.60. The van der Waals surface area contributed by atoms with Gasteiger partial charge in [-0.05, 0) is 33.2 Å². The molecule has 0 bridgehead atoms. The van der Waals surface area contributed by atoms with E-state index in [0.29, 0.717) is 0 Å². The number of aliphatic hydroxyl groups excluding tert-OH is 2. The fourth-order valence-electron chi connectivity index (χ4n) is 2.49. The highest BCUT2D eigenvalue weighted by Gasteiger charge is 2.49. The third-order valence-corrected chi connectivity index (χ3v) is 3.58. The first-order chi connectivity index (χ1) is 12.8. The Labute approximate surface area is 158 Å². The average molecular weight is 390 g/mol. The van der Waals surface area contributed by atoms with Crippen molar-refractivity contribution in [1.82, 2.24) is 5.32 Å². The summed E-state index contributed by atoms with van der Waals surface area (Å²) in [6, 6.07) is 0. The van der Waals surface area contributed by atoms with Crippen LogP contribution < -0.4 is 5.32 Å². The summed E-state index contributed by atoms with van der Waals surface area (Å²) in [4.78, 5) is 15.1. The van der Waals surface area contributed by atoms with Gasteiger partial charge in [0.05, 0.1) is 25.4 Å². The number of carbonyl (C=O) groups excluding carboxylic acids is 1. The normalized spacial score (nSPS) is 28.2. The monoisotopic (exact) mass is 390 g/mol. The molecule has 1 saturated heterocycles. The lowest BCUT2D eigenvalue weighted by molar-refractivity contribution is -0.307. The Bertz CT molecular complexity index is 499. The van der Waals surface area contributed by atoms with Crippen molar-refractivity contribution < 1.29 is 34.0 Å². The second kappa shape index (κ2) is 12.1. The van der Waals surface area contributed by atoms with Crippen molar-refractivity contribution in [3.8, 4) is 0 Å². The van der Waals surface area contributed by atoms with Crippen LogP contribution in [0, 0.1) is 0 Å². The van der Waals surface area contributed by atoms with Crippen LogP contribution in [0.1, 0.15) is 27.7 Å². The Hall–Kier alpha value is -1.46. The molecule has 27 heavy (non-hydrogen) atoms. The Kier molecular flexibility index (Phi) is 10.6. The largest absolute Gasteiger partial charge is 0.387 e. The smallest absolute Gasteiger partial charge is 0.252 e. The van der Waals surface area contributed by atoms with Gasteiger partial charge in [0, 0.05) is 18.0 Å². The van der Waals surface area contributed by atoms with Gasteiger partial charge in [0.2, 0.25) is 0 Å². The summed E-state index contributed by atoms with van der Waals surface area (Å²) >= 11 is 0. The van der Waals surface area contributed by atoms with E-state index in [-0.39, 0.29) is 38.5 Å². The standard InChI is InChI=1S/C16H30N4O7/c1-9(2)25-13-11(21)12(22)16(26-10(3)4)27-14(13)15(23)18-5-7-24-8-6-19-20-17/h9-14,16,21-22H,5-8H2,1-4H3,(H,18,23)/t11-,12+,13+,14?,16-/m1/s1. The molecule has 1 heterocycles. The molecule has 1 rings (SSSR count). The van der Waals surface area contributed by atoms with Gasteiger partial charge in [-0.1, -0.05) is 5.11 Å². The predicted molar refractivity (Wildman–Crippen MR) is 94.7 cm³/mol. The highest BCUT2D eigenvalue weighted by molar-refractivity contribution is 5.81. The van der Waals surface area contributed by atoms with Crippen molar-refractivity contribution in [2.45, 2.75) is 70.6 Å². The molecule has 1 aliphatic heterocycles. The quantitative estimate of drug-likeness (QED) is 0.195. The molecule has 0 aromatic carbocycles. The molecule has 156 valence electrons. The van der Waals surface area contributed by atoms with Crippen LogP contribution in [0.2, 0.25) is 0 Å². The lowest BCUT2D eigenvalue weighted by atomic mass is 9.97. The Morgan fingerprint density at radius 3 is 2.44 bits per heavy atom. The highest BCUT2D eigenvalue weighted by Crippen LogP contribution is 2.26. The zero-order chi connectivity index (χ0) is 20.4. The van der Waals surface area contributed by atoms with Crippen LogP contribution >= 0.6 is 0 Å². The van der Waals surface area contributed by atoms with E-state index in [1.807, 2.05) is 0 Å². The maximum Gasteiger partial charge on any atom is 0.252 e. The minimum Gasteiger partial charge on any atom is -0.387 e. The number of nitrogens with one attached hydrogen (secondary N) is 1. The number of aliphatic hydroxyl groups is 2. The van der Waals surface area contributed by atoms with E-state index in [9.17, 15) is 15.0 Å². The third kappa shape index (κ3) is 7.97. The molecule has 11 heteroatoms. The zero-order valence-electron chi connectivity index (χ0n) is 16.1. The topological polar surface area (TPSA) is 155 Å². The van der Waals surface area contributed by atoms with Gasteiger partial charge in [0.15, 0.2) is 12.4 Å². The van der Waals surface area contributed by atoms with Crippen molar-refractivity contribution in [2.75, 3.05) is 26.3 Å². The molecule has 0 aliphatic carbocycles. The Morgan fingerprint density at radius 2 is 1.85 bits per heavy atom. The minimum absolute atomic E-state index is 0.192. The molecule has 1 aliphatic rings. The lowest BCUT2D eigenvalue weighted by Crippen LogP contribution is -2.63. The van der Waals surface area contributed by atoms with Gasteiger partial charge in [-0.2, -0.15) is 0 Å². The Morgan fingerprint density at radius 1 is 1.19 bits per heavy atom. The van der Waals surface area contributed by atoms with Gasteiger partial charge in [0.1, 0.15) is 18.3 Å². The van der Waals surface area contributed by atoms with Crippen molar-refractivity contribution in [3.63, 3.8) is 0 Å². The minimum atomic E-state index is -1.35. The van der Waals surface area contributed by atoms with Gasteiger partial charge in [0.25, 0.3) is 5.91 Å². The fraction of sp³-hybridized carbons (Fsp3) is 0.938. The second-order valence-electron chi connectivity index (χ2n) is 6.60. The Balaban J connectivity index is 2.66. The first-order valence-electron chi connectivity index (χ1n) is 8.96. The number of hydrogen-bond donors (Lipinski definition) is 3. The molecule has 11 nitrogen and oxygen atoms in total. The molecule has 0 saturated carbocycles. The molecule has 1 amide bonds. The maximum absolute atomic E-state index is 12.5. The van der Waals surface area contributed by atoms with Crippen LogP contribution in [0.25, 0.3) is 10.4 Å². The van der Waals surface area contributed by atoms with Gasteiger partial charge < -0.3 is 34.5 Å². The summed E-state index contributed by atoms with van der Waals surface area (Å²) in [5.74, 6) is -0.511. The number of azide groups is 1. The highest BCUT2D eigenvalue weighted by atomic mass is 16.7. The van der Waals surface area contributed by atoms with Crippen LogP contribution in [0.5, 0.6) is 0 Å². The van der Waals surface area contributed by atoms with Gasteiger partial charge >= 0.3 is 0 Å². The number of ether oxygens (including phenoxy) is 4. The van der Waals surface area contributed by atoms with Crippen LogP contribution in [0.15, 0.2) is 5.11 Å². The SMILES string of the molecule is CC(C)O[C@@H]1OC(C(=O)NCCOCCN=[N+]=[N-])[C@@H](OC(C)C)[C@H](O)[C@@H]1O. The molecular formula is C16H30N4O7. The first kappa shape index (κ1) is 23.6. The van der Waals surface area contributed by atoms with Crippen LogP contribution in [-0.4, -0.2) is 85.3 Å². The van der Waals surface area contributed by atoms with Crippen LogP contribution in [-0.2, 0) is 23.7 Å². The third-order valence-electron chi connectivity index (χ3n) is 3.58. The van der Waals surface area contributed by atoms with Crippen LogP contribution in [0.4, 0.5) is 0 Å². The summed E-state index contributed by atoms with van der Waals surface area (Å²) in [6.45, 7) is 7.87. The number of rotatable bonds is 11. The molecule has 0 aromatic heterocycles. The van der Waals surface area contributed by atoms with E-state index >= 15 is 0 Å². The van der Waals surface area contributed by atoms with E-state index < -0.39 is 36.6 Å². The summed E-state index contributed by atoms with van der Waals surface area (Å²) in [7, 11) is 0. The molecule has 0 radical (unpaired) electrons. The first-order valence-corrected chi connectivity index (χ1v) is 8.96. The number of carbonyl (C=O) groups is 1. The number of hydrogen-bond acceptors (Lipinski definition) is 8. The summed E-state index contributed by atoms with van der Waals surface area (Å²) in [5, 5.41) is 26.6. The van der Waals surface area contributed by atoms with E-state index in [1.165, 1.54) is 0 Å². The zero-order valence-corrected chi connectivity index (χ0v) is 16.1. The van der Waals surface area contributed by atoms with Crippen LogP contribution in [0.3, 0.4) is 0 Å².